The third-order valence-corrected chi connectivity index (χ3v) is 4.26. The molecule has 1 aliphatic carbocycles. The molecule has 0 aromatic carbocycles. The Kier molecular flexibility index (Phi) is 3.06. The van der Waals surface area contributed by atoms with Crippen molar-refractivity contribution in [1.82, 2.24) is 25.3 Å². The van der Waals surface area contributed by atoms with Crippen LogP contribution in [0.2, 0.25) is 0 Å². The van der Waals surface area contributed by atoms with Crippen LogP contribution in [0.5, 0.6) is 0 Å². The van der Waals surface area contributed by atoms with E-state index in [4.69, 9.17) is 5.73 Å². The number of hydrogen-bond acceptors (Lipinski definition) is 6. The van der Waals surface area contributed by atoms with Crippen molar-refractivity contribution in [3.8, 4) is 0 Å². The Bertz CT molecular complexity index is 566. The van der Waals surface area contributed by atoms with Crippen LogP contribution in [-0.2, 0) is 0 Å². The van der Waals surface area contributed by atoms with Crippen molar-refractivity contribution < 1.29 is 0 Å². The minimum atomic E-state index is -0.0626. The van der Waals surface area contributed by atoms with Crippen molar-refractivity contribution in [2.45, 2.75) is 38.1 Å². The molecule has 7 nitrogen and oxygen atoms in total. The number of aromatic nitrogens is 5. The van der Waals surface area contributed by atoms with Gasteiger partial charge in [-0.05, 0) is 41.3 Å². The standard InChI is InChI=1S/C12H19N7/c1-9-4-2-3-7-12(9,8-13)14-10-5-6-11-15-17-18-19(11)16-10/h5-6,9H,2-4,7-8,13H2,1H3,(H,14,16). The molecule has 1 fully saturated rings. The van der Waals surface area contributed by atoms with Crippen LogP contribution in [0.3, 0.4) is 0 Å². The third kappa shape index (κ3) is 2.14. The summed E-state index contributed by atoms with van der Waals surface area (Å²) in [4.78, 5) is 0. The summed E-state index contributed by atoms with van der Waals surface area (Å²) in [6.07, 6.45) is 4.78. The molecule has 7 heteroatoms. The maximum absolute atomic E-state index is 6.03. The monoisotopic (exact) mass is 261 g/mol. The van der Waals surface area contributed by atoms with Crippen molar-refractivity contribution >= 4 is 11.5 Å². The summed E-state index contributed by atoms with van der Waals surface area (Å²) in [5, 5.41) is 19.1. The second-order valence-electron chi connectivity index (χ2n) is 5.38. The summed E-state index contributed by atoms with van der Waals surface area (Å²) in [5.74, 6) is 1.32. The van der Waals surface area contributed by atoms with Gasteiger partial charge in [0.1, 0.15) is 5.82 Å². The van der Waals surface area contributed by atoms with E-state index < -0.39 is 0 Å². The van der Waals surface area contributed by atoms with Crippen molar-refractivity contribution in [2.75, 3.05) is 11.9 Å². The van der Waals surface area contributed by atoms with E-state index in [0.29, 0.717) is 18.1 Å². The highest BCUT2D eigenvalue weighted by atomic mass is 15.6. The van der Waals surface area contributed by atoms with Gasteiger partial charge in [-0.15, -0.1) is 14.8 Å². The molecule has 3 rings (SSSR count). The molecule has 19 heavy (non-hydrogen) atoms. The highest BCUT2D eigenvalue weighted by molar-refractivity contribution is 5.44. The molecule has 1 saturated carbocycles. The molecule has 0 aliphatic heterocycles. The van der Waals surface area contributed by atoms with Gasteiger partial charge in [0, 0.05) is 6.54 Å². The predicted molar refractivity (Wildman–Crippen MR) is 71.6 cm³/mol. The highest BCUT2D eigenvalue weighted by Gasteiger charge is 2.37. The van der Waals surface area contributed by atoms with E-state index in [0.717, 1.165) is 12.2 Å². The lowest BCUT2D eigenvalue weighted by Gasteiger charge is -2.43. The van der Waals surface area contributed by atoms with Crippen LogP contribution in [0.25, 0.3) is 5.65 Å². The lowest BCUT2D eigenvalue weighted by Crippen LogP contribution is -2.52. The first-order valence-corrected chi connectivity index (χ1v) is 6.77. The summed E-state index contributed by atoms with van der Waals surface area (Å²) in [6.45, 7) is 2.87. The van der Waals surface area contributed by atoms with Gasteiger partial charge in [-0.25, -0.2) is 0 Å². The van der Waals surface area contributed by atoms with Crippen LogP contribution in [0.4, 0.5) is 5.82 Å². The molecular weight excluding hydrogens is 242 g/mol. The average Bonchev–Trinajstić information content (AvgIpc) is 2.89. The number of nitrogens with two attached hydrogens (primary N) is 1. The summed E-state index contributed by atoms with van der Waals surface area (Å²) in [5.41, 5.74) is 6.61. The fourth-order valence-electron chi connectivity index (χ4n) is 2.92. The second-order valence-corrected chi connectivity index (χ2v) is 5.38. The van der Waals surface area contributed by atoms with E-state index in [9.17, 15) is 0 Å². The maximum atomic E-state index is 6.03. The largest absolute Gasteiger partial charge is 0.362 e. The Hall–Kier alpha value is -1.76. The molecule has 102 valence electrons. The van der Waals surface area contributed by atoms with Crippen molar-refractivity contribution in [2.24, 2.45) is 11.7 Å². The lowest BCUT2D eigenvalue weighted by molar-refractivity contribution is 0.235. The van der Waals surface area contributed by atoms with Gasteiger partial charge in [0.05, 0.1) is 5.54 Å². The number of anilines is 1. The van der Waals surface area contributed by atoms with Crippen LogP contribution in [0.1, 0.15) is 32.6 Å². The van der Waals surface area contributed by atoms with E-state index in [1.807, 2.05) is 12.1 Å². The van der Waals surface area contributed by atoms with Gasteiger partial charge >= 0.3 is 0 Å². The highest BCUT2D eigenvalue weighted by Crippen LogP contribution is 2.35. The number of tetrazole rings is 1. The normalized spacial score (nSPS) is 27.6. The van der Waals surface area contributed by atoms with E-state index in [-0.39, 0.29) is 5.54 Å². The first-order chi connectivity index (χ1) is 9.23. The smallest absolute Gasteiger partial charge is 0.200 e. The molecule has 0 saturated heterocycles. The molecule has 2 aromatic rings. The van der Waals surface area contributed by atoms with Gasteiger partial charge in [0.15, 0.2) is 5.65 Å². The Morgan fingerprint density at radius 2 is 2.37 bits per heavy atom. The molecule has 2 atom stereocenters. The van der Waals surface area contributed by atoms with Gasteiger partial charge in [-0.3, -0.25) is 0 Å². The SMILES string of the molecule is CC1CCCCC1(CN)Nc1ccc2nnnn2n1. The van der Waals surface area contributed by atoms with Crippen LogP contribution in [-0.4, -0.2) is 37.3 Å². The quantitative estimate of drug-likeness (QED) is 0.850. The Morgan fingerprint density at radius 3 is 3.16 bits per heavy atom. The van der Waals surface area contributed by atoms with Crippen molar-refractivity contribution in [3.63, 3.8) is 0 Å². The molecule has 1 aliphatic rings. The molecule has 2 unspecified atom stereocenters. The molecule has 3 N–H and O–H groups in total. The molecular formula is C12H19N7. The van der Waals surface area contributed by atoms with Gasteiger partial charge in [-0.1, -0.05) is 19.8 Å². The van der Waals surface area contributed by atoms with Gasteiger partial charge in [0.25, 0.3) is 0 Å². The minimum Gasteiger partial charge on any atom is -0.362 e. The first kappa shape index (κ1) is 12.3. The van der Waals surface area contributed by atoms with Crippen LogP contribution < -0.4 is 11.1 Å². The second kappa shape index (κ2) is 4.73. The number of fused-ring (bicyclic) bond motifs is 1. The zero-order chi connectivity index (χ0) is 13.3. The predicted octanol–water partition coefficient (Wildman–Crippen LogP) is 0.839. The molecule has 0 spiro atoms. The van der Waals surface area contributed by atoms with E-state index in [1.54, 1.807) is 0 Å². The first-order valence-electron chi connectivity index (χ1n) is 6.77. The van der Waals surface area contributed by atoms with Crippen molar-refractivity contribution in [1.29, 1.82) is 0 Å². The van der Waals surface area contributed by atoms with Gasteiger partial charge in [-0.2, -0.15) is 0 Å². The fourth-order valence-corrected chi connectivity index (χ4v) is 2.92. The summed E-state index contributed by atoms with van der Waals surface area (Å²) in [7, 11) is 0. The third-order valence-electron chi connectivity index (χ3n) is 4.26. The summed E-state index contributed by atoms with van der Waals surface area (Å²) in [6, 6.07) is 3.76. The molecule has 0 amide bonds. The number of nitrogens with zero attached hydrogens (tertiary/aromatic N) is 5. The molecule has 0 radical (unpaired) electrons. The molecule has 0 bridgehead atoms. The summed E-state index contributed by atoms with van der Waals surface area (Å²) < 4.78 is 1.43. The molecule has 2 aromatic heterocycles. The van der Waals surface area contributed by atoms with E-state index in [2.05, 4.69) is 32.9 Å². The zero-order valence-corrected chi connectivity index (χ0v) is 11.1. The number of rotatable bonds is 3. The maximum Gasteiger partial charge on any atom is 0.200 e. The molecule has 2 heterocycles. The van der Waals surface area contributed by atoms with Crippen LogP contribution in [0, 0.1) is 5.92 Å². The fraction of sp³-hybridized carbons (Fsp3) is 0.667. The van der Waals surface area contributed by atoms with E-state index in [1.165, 1.54) is 23.9 Å². The van der Waals surface area contributed by atoms with Gasteiger partial charge in [0.2, 0.25) is 0 Å². The Morgan fingerprint density at radius 1 is 1.47 bits per heavy atom. The Balaban J connectivity index is 1.88. The van der Waals surface area contributed by atoms with Crippen molar-refractivity contribution in [3.05, 3.63) is 12.1 Å². The summed E-state index contributed by atoms with van der Waals surface area (Å²) >= 11 is 0. The number of nitrogens with one attached hydrogen (secondary N) is 1. The minimum absolute atomic E-state index is 0.0626. The Labute approximate surface area is 111 Å². The number of hydrogen-bond donors (Lipinski definition) is 2. The topological polar surface area (TPSA) is 94.0 Å². The van der Waals surface area contributed by atoms with Crippen LogP contribution >= 0.6 is 0 Å². The van der Waals surface area contributed by atoms with Gasteiger partial charge < -0.3 is 11.1 Å². The average molecular weight is 261 g/mol. The zero-order valence-electron chi connectivity index (χ0n) is 11.1. The lowest BCUT2D eigenvalue weighted by atomic mass is 9.73. The van der Waals surface area contributed by atoms with Crippen LogP contribution in [0.15, 0.2) is 12.1 Å². The van der Waals surface area contributed by atoms with E-state index >= 15 is 0 Å².